The molecule has 78 valence electrons. The summed E-state index contributed by atoms with van der Waals surface area (Å²) < 4.78 is 46.0. The highest BCUT2D eigenvalue weighted by Gasteiger charge is 2.36. The first kappa shape index (κ1) is 10.6. The van der Waals surface area contributed by atoms with E-state index in [0.717, 1.165) is 13.2 Å². The molecule has 7 heteroatoms. The molecule has 0 aromatic carbocycles. The minimum atomic E-state index is -4.53. The molecule has 0 unspecified atom stereocenters. The zero-order valence-electron chi connectivity index (χ0n) is 7.42. The van der Waals surface area contributed by atoms with Crippen LogP contribution >= 0.6 is 0 Å². The number of hydrogen-bond acceptors (Lipinski definition) is 4. The van der Waals surface area contributed by atoms with E-state index in [-0.39, 0.29) is 5.88 Å². The summed E-state index contributed by atoms with van der Waals surface area (Å²) in [5.41, 5.74) is -1.01. The van der Waals surface area contributed by atoms with Crippen LogP contribution in [0.4, 0.5) is 13.2 Å². The lowest BCUT2D eigenvalue weighted by molar-refractivity contribution is -0.139. The third-order valence-corrected chi connectivity index (χ3v) is 1.45. The lowest BCUT2D eigenvalue weighted by atomic mass is 10.3. The summed E-state index contributed by atoms with van der Waals surface area (Å²) in [6.45, 7) is 0. The molecule has 0 N–H and O–H groups in total. The number of rotatable bonds is 2. The number of methoxy groups -OCH3 is 2. The predicted octanol–water partition coefficient (Wildman–Crippen LogP) is 1.51. The van der Waals surface area contributed by atoms with Crippen LogP contribution in [-0.2, 0) is 6.18 Å². The van der Waals surface area contributed by atoms with E-state index in [2.05, 4.69) is 19.7 Å². The SMILES string of the molecule is COc1cc(C(F)(F)F)c(OC)nn1. The van der Waals surface area contributed by atoms with E-state index >= 15 is 0 Å². The minimum Gasteiger partial charge on any atom is -0.480 e. The molecule has 0 fully saturated rings. The number of hydrogen-bond donors (Lipinski definition) is 0. The Morgan fingerprint density at radius 3 is 2.21 bits per heavy atom. The van der Waals surface area contributed by atoms with E-state index in [1.165, 1.54) is 7.11 Å². The Hall–Kier alpha value is -1.53. The van der Waals surface area contributed by atoms with Gasteiger partial charge in [0.25, 0.3) is 0 Å². The molecular formula is C7H7F3N2O2. The first-order chi connectivity index (χ1) is 6.49. The number of aromatic nitrogens is 2. The molecule has 0 radical (unpaired) electrons. The van der Waals surface area contributed by atoms with Crippen LogP contribution in [0.2, 0.25) is 0 Å². The first-order valence-electron chi connectivity index (χ1n) is 3.52. The van der Waals surface area contributed by atoms with Gasteiger partial charge in [0, 0.05) is 6.07 Å². The van der Waals surface area contributed by atoms with E-state index in [9.17, 15) is 13.2 Å². The highest BCUT2D eigenvalue weighted by Crippen LogP contribution is 2.35. The van der Waals surface area contributed by atoms with Gasteiger partial charge in [-0.2, -0.15) is 13.2 Å². The number of ether oxygens (including phenoxy) is 2. The van der Waals surface area contributed by atoms with Crippen LogP contribution in [0.15, 0.2) is 6.07 Å². The lowest BCUT2D eigenvalue weighted by Gasteiger charge is -2.10. The molecule has 1 heterocycles. The lowest BCUT2D eigenvalue weighted by Crippen LogP contribution is -2.10. The Morgan fingerprint density at radius 1 is 1.14 bits per heavy atom. The van der Waals surface area contributed by atoms with Crippen molar-refractivity contribution < 1.29 is 22.6 Å². The van der Waals surface area contributed by atoms with Crippen molar-refractivity contribution in [2.45, 2.75) is 6.18 Å². The molecule has 0 bridgehead atoms. The Balaban J connectivity index is 3.22. The quantitative estimate of drug-likeness (QED) is 0.738. The Kier molecular flexibility index (Phi) is 2.78. The van der Waals surface area contributed by atoms with Crippen molar-refractivity contribution in [3.63, 3.8) is 0 Å². The summed E-state index contributed by atoms with van der Waals surface area (Å²) in [6.07, 6.45) is -4.53. The molecule has 0 saturated carbocycles. The molecule has 0 aliphatic carbocycles. The highest BCUT2D eigenvalue weighted by molar-refractivity contribution is 5.31. The van der Waals surface area contributed by atoms with E-state index in [4.69, 9.17) is 0 Å². The molecule has 0 atom stereocenters. The second-order valence-electron chi connectivity index (χ2n) is 2.31. The average molecular weight is 208 g/mol. The summed E-state index contributed by atoms with van der Waals surface area (Å²) in [7, 11) is 2.29. The molecule has 1 aromatic heterocycles. The minimum absolute atomic E-state index is 0.210. The predicted molar refractivity (Wildman–Crippen MR) is 40.1 cm³/mol. The Labute approximate surface area is 77.7 Å². The van der Waals surface area contributed by atoms with Gasteiger partial charge in [-0.15, -0.1) is 10.2 Å². The van der Waals surface area contributed by atoms with E-state index in [0.29, 0.717) is 0 Å². The van der Waals surface area contributed by atoms with E-state index in [1.54, 1.807) is 0 Å². The van der Waals surface area contributed by atoms with Crippen LogP contribution in [0.3, 0.4) is 0 Å². The van der Waals surface area contributed by atoms with Gasteiger partial charge in [-0.05, 0) is 0 Å². The van der Waals surface area contributed by atoms with Gasteiger partial charge < -0.3 is 9.47 Å². The third kappa shape index (κ3) is 2.04. The zero-order valence-corrected chi connectivity index (χ0v) is 7.42. The number of halogens is 3. The van der Waals surface area contributed by atoms with Gasteiger partial charge in [-0.3, -0.25) is 0 Å². The van der Waals surface area contributed by atoms with Crippen LogP contribution in [0.5, 0.6) is 11.8 Å². The van der Waals surface area contributed by atoms with Crippen molar-refractivity contribution in [1.82, 2.24) is 10.2 Å². The third-order valence-electron chi connectivity index (χ3n) is 1.45. The van der Waals surface area contributed by atoms with Crippen molar-refractivity contribution in [2.24, 2.45) is 0 Å². The fraction of sp³-hybridized carbons (Fsp3) is 0.429. The van der Waals surface area contributed by atoms with Gasteiger partial charge >= 0.3 is 6.18 Å². The Morgan fingerprint density at radius 2 is 1.79 bits per heavy atom. The average Bonchev–Trinajstić information content (AvgIpc) is 2.15. The molecule has 1 aromatic rings. The topological polar surface area (TPSA) is 44.2 Å². The molecule has 0 spiro atoms. The summed E-state index contributed by atoms with van der Waals surface area (Å²) in [4.78, 5) is 0. The van der Waals surface area contributed by atoms with Gasteiger partial charge in [0.2, 0.25) is 11.8 Å². The van der Waals surface area contributed by atoms with Crippen molar-refractivity contribution in [1.29, 1.82) is 0 Å². The van der Waals surface area contributed by atoms with Crippen LogP contribution in [-0.4, -0.2) is 24.4 Å². The van der Waals surface area contributed by atoms with Crippen LogP contribution in [0.1, 0.15) is 5.56 Å². The fourth-order valence-corrected chi connectivity index (χ4v) is 0.816. The second-order valence-corrected chi connectivity index (χ2v) is 2.31. The monoisotopic (exact) mass is 208 g/mol. The van der Waals surface area contributed by atoms with E-state index < -0.39 is 17.6 Å². The van der Waals surface area contributed by atoms with Crippen molar-refractivity contribution in [3.8, 4) is 11.8 Å². The standard InChI is InChI=1S/C7H7F3N2O2/c1-13-5-3-4(7(8,9)10)6(14-2)12-11-5/h3H,1-2H3. The maximum absolute atomic E-state index is 12.3. The zero-order chi connectivity index (χ0) is 10.8. The highest BCUT2D eigenvalue weighted by atomic mass is 19.4. The molecule has 4 nitrogen and oxygen atoms in total. The van der Waals surface area contributed by atoms with Crippen LogP contribution < -0.4 is 9.47 Å². The molecule has 0 amide bonds. The van der Waals surface area contributed by atoms with Crippen molar-refractivity contribution >= 4 is 0 Å². The van der Waals surface area contributed by atoms with Gasteiger partial charge in [-0.1, -0.05) is 0 Å². The summed E-state index contributed by atoms with van der Waals surface area (Å²) in [6, 6.07) is 0.728. The van der Waals surface area contributed by atoms with Gasteiger partial charge in [0.05, 0.1) is 14.2 Å². The smallest absolute Gasteiger partial charge is 0.421 e. The maximum Gasteiger partial charge on any atom is 0.421 e. The van der Waals surface area contributed by atoms with Crippen LogP contribution in [0, 0.1) is 0 Å². The molecule has 0 aliphatic rings. The normalized spacial score (nSPS) is 11.2. The Bertz CT molecular complexity index is 327. The van der Waals surface area contributed by atoms with Gasteiger partial charge in [0.15, 0.2) is 0 Å². The van der Waals surface area contributed by atoms with Gasteiger partial charge in [-0.25, -0.2) is 0 Å². The van der Waals surface area contributed by atoms with Crippen LogP contribution in [0.25, 0.3) is 0 Å². The molecule has 0 aliphatic heterocycles. The fourth-order valence-electron chi connectivity index (χ4n) is 0.816. The maximum atomic E-state index is 12.3. The largest absolute Gasteiger partial charge is 0.480 e. The molecular weight excluding hydrogens is 201 g/mol. The summed E-state index contributed by atoms with van der Waals surface area (Å²) in [5, 5.41) is 6.56. The molecule has 1 rings (SSSR count). The van der Waals surface area contributed by atoms with Crippen molar-refractivity contribution in [2.75, 3.05) is 14.2 Å². The van der Waals surface area contributed by atoms with Gasteiger partial charge in [0.1, 0.15) is 5.56 Å². The van der Waals surface area contributed by atoms with E-state index in [1.807, 2.05) is 0 Å². The summed E-state index contributed by atoms with van der Waals surface area (Å²) >= 11 is 0. The number of nitrogens with zero attached hydrogens (tertiary/aromatic N) is 2. The second kappa shape index (κ2) is 3.69. The first-order valence-corrected chi connectivity index (χ1v) is 3.52. The van der Waals surface area contributed by atoms with Crippen molar-refractivity contribution in [3.05, 3.63) is 11.6 Å². The molecule has 14 heavy (non-hydrogen) atoms. The number of alkyl halides is 3. The summed E-state index contributed by atoms with van der Waals surface area (Å²) in [5.74, 6) is -0.781. The molecule has 0 saturated heterocycles.